The highest BCUT2D eigenvalue weighted by molar-refractivity contribution is 5.91. The Morgan fingerprint density at radius 1 is 0.658 bits per heavy atom. The molecule has 8 fully saturated rings. The highest BCUT2D eigenvalue weighted by Crippen LogP contribution is 2.74. The molecule has 0 amide bonds. The Labute approximate surface area is 441 Å². The first-order valence-electron chi connectivity index (χ1n) is 27.1. The van der Waals surface area contributed by atoms with Crippen molar-refractivity contribution in [1.82, 2.24) is 0 Å². The van der Waals surface area contributed by atoms with E-state index < -0.39 is 164 Å². The third kappa shape index (κ3) is 8.83. The lowest BCUT2D eigenvalue weighted by atomic mass is 9.34. The minimum absolute atomic E-state index is 0.0552. The molecule has 0 aromatic heterocycles. The van der Waals surface area contributed by atoms with E-state index in [0.29, 0.717) is 38.5 Å². The summed E-state index contributed by atoms with van der Waals surface area (Å²) in [6, 6.07) is 0. The maximum absolute atomic E-state index is 14.3. The van der Waals surface area contributed by atoms with Crippen molar-refractivity contribution in [3.8, 4) is 0 Å². The van der Waals surface area contributed by atoms with Gasteiger partial charge in [0.25, 0.3) is 0 Å². The lowest BCUT2D eigenvalue weighted by Gasteiger charge is -2.71. The van der Waals surface area contributed by atoms with E-state index in [1.807, 2.05) is 13.8 Å². The van der Waals surface area contributed by atoms with Crippen LogP contribution in [0.1, 0.15) is 113 Å². The number of rotatable bonds is 10. The number of Topliss-reactive ketones (excluding diaryl/α,β-unsaturated/α-hetero) is 1. The summed E-state index contributed by atoms with van der Waals surface area (Å²) in [7, 11) is 0. The van der Waals surface area contributed by atoms with Gasteiger partial charge in [0, 0.05) is 17.8 Å². The van der Waals surface area contributed by atoms with Gasteiger partial charge in [0.1, 0.15) is 91.1 Å². The summed E-state index contributed by atoms with van der Waals surface area (Å²) in [6.45, 7) is 14.5. The number of fused-ring (bicyclic) bond motifs is 7. The van der Waals surface area contributed by atoms with Crippen LogP contribution in [0.2, 0.25) is 0 Å². The second-order valence-electron chi connectivity index (χ2n) is 26.1. The van der Waals surface area contributed by atoms with Crippen molar-refractivity contribution in [2.24, 2.45) is 44.8 Å². The molecule has 0 aromatic rings. The van der Waals surface area contributed by atoms with Crippen molar-refractivity contribution in [1.29, 1.82) is 0 Å². The Bertz CT molecular complexity index is 2190. The van der Waals surface area contributed by atoms with Crippen LogP contribution in [0.4, 0.5) is 0 Å². The summed E-state index contributed by atoms with van der Waals surface area (Å²) in [6.07, 6.45) is -31.9. The Kier molecular flexibility index (Phi) is 15.6. The van der Waals surface area contributed by atoms with Crippen LogP contribution in [0.15, 0.2) is 11.6 Å². The zero-order valence-corrected chi connectivity index (χ0v) is 44.6. The average molecular weight is 1090 g/mol. The summed E-state index contributed by atoms with van der Waals surface area (Å²) in [5.74, 6) is -2.34. The fraction of sp³-hybridized carbons (Fsp3) is 0.925. The quantitative estimate of drug-likeness (QED) is 0.0821. The van der Waals surface area contributed by atoms with E-state index in [1.165, 1.54) is 12.5 Å². The number of carboxylic acids is 1. The lowest BCUT2D eigenvalue weighted by molar-refractivity contribution is -0.411. The Morgan fingerprint density at radius 2 is 1.25 bits per heavy atom. The molecule has 0 aromatic carbocycles. The van der Waals surface area contributed by atoms with Gasteiger partial charge in [0.2, 0.25) is 0 Å². The number of allylic oxidation sites excluding steroid dienone is 1. The first kappa shape index (κ1) is 58.7. The topological polar surface area (TPSA) is 382 Å². The van der Waals surface area contributed by atoms with Crippen LogP contribution in [0, 0.1) is 44.8 Å². The predicted octanol–water partition coefficient (Wildman–Crippen LogP) is -2.12. The number of carbonyl (C=O) groups is 2. The van der Waals surface area contributed by atoms with Crippen LogP contribution in [-0.2, 0) is 42.7 Å². The Balaban J connectivity index is 1.06. The molecule has 4 aliphatic heterocycles. The number of carboxylic acid groups (broad SMARTS) is 1. The molecule has 9 rings (SSSR count). The van der Waals surface area contributed by atoms with E-state index >= 15 is 0 Å². The third-order valence-electron chi connectivity index (χ3n) is 21.2. The van der Waals surface area contributed by atoms with Crippen molar-refractivity contribution in [3.05, 3.63) is 11.6 Å². The predicted molar refractivity (Wildman–Crippen MR) is 258 cm³/mol. The number of ether oxygens (including phenoxy) is 7. The Hall–Kier alpha value is -1.92. The summed E-state index contributed by atoms with van der Waals surface area (Å²) in [5, 5.41) is 157. The van der Waals surface area contributed by atoms with E-state index in [2.05, 4.69) is 40.7 Å². The molecule has 0 unspecified atom stereocenters. The maximum atomic E-state index is 14.3. The van der Waals surface area contributed by atoms with E-state index in [0.717, 1.165) is 12.8 Å². The van der Waals surface area contributed by atoms with Gasteiger partial charge in [-0.15, -0.1) is 0 Å². The first-order valence-corrected chi connectivity index (χ1v) is 27.1. The van der Waals surface area contributed by atoms with E-state index in [1.54, 1.807) is 0 Å². The maximum Gasteiger partial charge on any atom is 0.336 e. The van der Waals surface area contributed by atoms with Crippen molar-refractivity contribution in [2.75, 3.05) is 13.2 Å². The summed E-state index contributed by atoms with van der Waals surface area (Å²) >= 11 is 0. The summed E-state index contributed by atoms with van der Waals surface area (Å²) in [4.78, 5) is 27.9. The molecule has 4 saturated carbocycles. The lowest BCUT2D eigenvalue weighted by Crippen LogP contribution is -2.79. The SMILES string of the molecule is C[C@@H]1O[C@@H](O[C@@H]2[C@@H](O)[C@@H](O)[C@@H](CO)O[C@H]2[C@@]2(O)[C@@H](C(=O)O)O[C@@H](O[C@H]3CC[C@]4(C)[C@H]5CC=C6[C@@H]7CC(C)(C)CC[C@]7(O)C(=O)C[C@@]6(C)[C@]5(C)CC[C@H]4C3(C)C)[C@H](O[C@@H]3O[C@H](CO)[C@@H](O)[C@H](O)[C@H]3O)[C@H]2O)[C@H](O)[C@H](O)[C@H]1O. The molecule has 5 aliphatic carbocycles. The van der Waals surface area contributed by atoms with Crippen LogP contribution >= 0.6 is 0 Å². The number of aliphatic hydroxyl groups is 13. The fourth-order valence-electron chi connectivity index (χ4n) is 16.4. The van der Waals surface area contributed by atoms with Crippen LogP contribution < -0.4 is 0 Å². The first-order chi connectivity index (χ1) is 35.3. The van der Waals surface area contributed by atoms with Crippen molar-refractivity contribution in [3.63, 3.8) is 0 Å². The van der Waals surface area contributed by atoms with Crippen molar-refractivity contribution in [2.45, 2.75) is 247 Å². The average Bonchev–Trinajstić information content (AvgIpc) is 3.37. The van der Waals surface area contributed by atoms with Gasteiger partial charge in [-0.25, -0.2) is 4.79 Å². The zero-order valence-electron chi connectivity index (χ0n) is 44.6. The standard InChI is InChI=1S/C53H84O23/c1-21-30(57)33(60)36(63)44(70-21)74-38-35(62)32(59)24(19-54)71-41(38)53(69)40(65)39(75-45-37(64)34(61)31(58)25(20-55)72-45)46(76-42(53)43(66)67)73-29-12-13-49(6)26(48(29,4)5)11-14-50(7)27(49)10-9-22-23-17-47(2,3)15-16-52(23,68)28(56)18-51(22,50)8/h9,21,23-27,29-42,44-46,54-55,57-65,68-69H,10-20H2,1-8H3,(H,66,67)/t21-,23-,24+,25+,26-,27+,29-,30-,31+,32-,33+,34-,35-,36+,37+,38+,39+,40+,41+,42+,44-,45-,46+,49-,50+,51+,52+,53+/m0/s1. The van der Waals surface area contributed by atoms with Crippen molar-refractivity contribution < 1.29 is 114 Å². The number of carbonyl (C=O) groups excluding carboxylic acids is 1. The molecule has 0 bridgehead atoms. The number of hydrogen-bond acceptors (Lipinski definition) is 22. The molecule has 0 radical (unpaired) electrons. The molecular weight excluding hydrogens is 1000 g/mol. The number of aliphatic carboxylic acids is 1. The molecule has 76 heavy (non-hydrogen) atoms. The van der Waals surface area contributed by atoms with E-state index in [9.17, 15) is 81.1 Å². The van der Waals surface area contributed by atoms with Crippen LogP contribution in [-0.4, -0.2) is 230 Å². The third-order valence-corrected chi connectivity index (χ3v) is 21.2. The largest absolute Gasteiger partial charge is 0.479 e. The van der Waals surface area contributed by atoms with Crippen LogP contribution in [0.5, 0.6) is 0 Å². The summed E-state index contributed by atoms with van der Waals surface area (Å²) in [5.41, 5.74) is -5.72. The minimum Gasteiger partial charge on any atom is -0.479 e. The highest BCUT2D eigenvalue weighted by Gasteiger charge is 2.72. The molecule has 4 heterocycles. The van der Waals surface area contributed by atoms with E-state index in [4.69, 9.17) is 33.2 Å². The fourth-order valence-corrected chi connectivity index (χ4v) is 16.4. The number of hydrogen-bond donors (Lipinski definition) is 14. The van der Waals surface area contributed by atoms with Gasteiger partial charge < -0.3 is 105 Å². The normalized spacial score (nSPS) is 55.0. The van der Waals surface area contributed by atoms with Gasteiger partial charge in [-0.3, -0.25) is 4.79 Å². The van der Waals surface area contributed by atoms with Gasteiger partial charge in [-0.1, -0.05) is 60.1 Å². The molecule has 23 heteroatoms. The highest BCUT2D eigenvalue weighted by atomic mass is 16.8. The van der Waals surface area contributed by atoms with E-state index in [-0.39, 0.29) is 46.2 Å². The molecular formula is C53H84O23. The van der Waals surface area contributed by atoms with Crippen LogP contribution in [0.3, 0.4) is 0 Å². The van der Waals surface area contributed by atoms with Gasteiger partial charge >= 0.3 is 5.97 Å². The smallest absolute Gasteiger partial charge is 0.336 e. The van der Waals surface area contributed by atoms with Gasteiger partial charge in [0.05, 0.1) is 25.4 Å². The zero-order chi connectivity index (χ0) is 55.9. The molecule has 23 nitrogen and oxygen atoms in total. The second-order valence-corrected chi connectivity index (χ2v) is 26.1. The summed E-state index contributed by atoms with van der Waals surface area (Å²) < 4.78 is 42.3. The monoisotopic (exact) mass is 1090 g/mol. The number of ketones is 1. The minimum atomic E-state index is -3.41. The van der Waals surface area contributed by atoms with Gasteiger partial charge in [-0.2, -0.15) is 0 Å². The molecule has 0 spiro atoms. The second kappa shape index (κ2) is 20.2. The van der Waals surface area contributed by atoms with Gasteiger partial charge in [-0.05, 0) is 91.8 Å². The molecule has 4 saturated heterocycles. The van der Waals surface area contributed by atoms with Crippen LogP contribution in [0.25, 0.3) is 0 Å². The molecule has 28 atom stereocenters. The van der Waals surface area contributed by atoms with Gasteiger partial charge in [0.15, 0.2) is 36.4 Å². The number of aliphatic hydroxyl groups excluding tert-OH is 11. The molecule has 9 aliphatic rings. The Morgan fingerprint density at radius 3 is 1.88 bits per heavy atom. The molecule has 434 valence electrons. The van der Waals surface area contributed by atoms with Crippen molar-refractivity contribution >= 4 is 11.8 Å². The molecule has 14 N–H and O–H groups in total.